The van der Waals surface area contributed by atoms with Crippen LogP contribution in [0.2, 0.25) is 0 Å². The molecule has 2 amide bonds. The van der Waals surface area contributed by atoms with Crippen molar-refractivity contribution in [1.29, 1.82) is 0 Å². The van der Waals surface area contributed by atoms with Crippen LogP contribution in [0.15, 0.2) is 33.7 Å². The summed E-state index contributed by atoms with van der Waals surface area (Å²) >= 11 is 0. The molecule has 1 aromatic carbocycles. The second-order valence-corrected chi connectivity index (χ2v) is 10.2. The minimum absolute atomic E-state index is 0.267. The van der Waals surface area contributed by atoms with Crippen LogP contribution in [-0.2, 0) is 42.0 Å². The Morgan fingerprint density at radius 3 is 2.38 bits per heavy atom. The molecule has 1 atom stereocenters. The Hall–Kier alpha value is -2.25. The fourth-order valence-corrected chi connectivity index (χ4v) is 5.26. The van der Waals surface area contributed by atoms with E-state index in [1.54, 1.807) is 12.1 Å². The Kier molecular flexibility index (Phi) is 5.44. The molecule has 0 fully saturated rings. The van der Waals surface area contributed by atoms with E-state index in [9.17, 15) is 9.00 Å². The van der Waals surface area contributed by atoms with Crippen molar-refractivity contribution < 1.29 is 9.00 Å². The van der Waals surface area contributed by atoms with E-state index in [1.165, 1.54) is 28.5 Å². The third kappa shape index (κ3) is 4.21. The van der Waals surface area contributed by atoms with E-state index in [-0.39, 0.29) is 4.90 Å². The summed E-state index contributed by atoms with van der Waals surface area (Å²) in [6.07, 6.45) is 8.49. The predicted molar refractivity (Wildman–Crippen MR) is 115 cm³/mol. The molecule has 6 nitrogen and oxygen atoms in total. The van der Waals surface area contributed by atoms with Gasteiger partial charge in [0, 0.05) is 17.6 Å². The standard InChI is InChI=1S/C22H28N4O2S/c1-14(2)11-17-9-10-18(13-24-17)29(23,28)26-22(27)25-21-19-7-3-5-15(19)12-16-6-4-8-20(16)21/h9-10,12-14H,3-8,11H2,1-2H3,(H3,23,25,26,27,28)/t29-/m1/s1. The second-order valence-electron chi connectivity index (χ2n) is 8.41. The fraction of sp³-hybridized carbons (Fsp3) is 0.455. The number of aryl methyl sites for hydroxylation is 2. The first-order valence-electron chi connectivity index (χ1n) is 10.3. The summed E-state index contributed by atoms with van der Waals surface area (Å²) in [6.45, 7) is 4.22. The fourth-order valence-electron chi connectivity index (χ4n) is 4.40. The quantitative estimate of drug-likeness (QED) is 0.788. The molecule has 0 radical (unpaired) electrons. The van der Waals surface area contributed by atoms with E-state index >= 15 is 0 Å². The number of nitrogens with zero attached hydrogens (tertiary/aromatic N) is 2. The molecule has 0 aliphatic heterocycles. The Morgan fingerprint density at radius 1 is 1.17 bits per heavy atom. The second kappa shape index (κ2) is 7.88. The summed E-state index contributed by atoms with van der Waals surface area (Å²) in [5.41, 5.74) is 6.83. The van der Waals surface area contributed by atoms with Crippen molar-refractivity contribution in [3.8, 4) is 0 Å². The summed E-state index contributed by atoms with van der Waals surface area (Å²) < 4.78 is 16.7. The number of amides is 2. The van der Waals surface area contributed by atoms with Gasteiger partial charge in [0.25, 0.3) is 0 Å². The Bertz CT molecular complexity index is 1030. The summed E-state index contributed by atoms with van der Waals surface area (Å²) in [6, 6.07) is 5.10. The van der Waals surface area contributed by atoms with E-state index < -0.39 is 15.9 Å². The molecule has 0 unspecified atom stereocenters. The number of urea groups is 1. The molecule has 1 aromatic heterocycles. The topological polar surface area (TPSA) is 97.4 Å². The first-order chi connectivity index (χ1) is 13.8. The number of hydrogen-bond donors (Lipinski definition) is 2. The zero-order valence-electron chi connectivity index (χ0n) is 17.0. The molecule has 2 aliphatic rings. The smallest absolute Gasteiger partial charge is 0.305 e. The van der Waals surface area contributed by atoms with Crippen molar-refractivity contribution in [2.24, 2.45) is 15.4 Å². The van der Waals surface area contributed by atoms with Gasteiger partial charge in [-0.25, -0.2) is 14.1 Å². The van der Waals surface area contributed by atoms with Gasteiger partial charge < -0.3 is 5.32 Å². The number of nitrogens with two attached hydrogens (primary N) is 1. The number of aromatic nitrogens is 1. The normalized spacial score (nSPS) is 17.0. The van der Waals surface area contributed by atoms with Gasteiger partial charge in [-0.2, -0.15) is 0 Å². The molecule has 3 N–H and O–H groups in total. The van der Waals surface area contributed by atoms with E-state index in [1.807, 2.05) is 0 Å². The molecule has 0 saturated heterocycles. The van der Waals surface area contributed by atoms with Crippen LogP contribution in [0.1, 0.15) is 54.6 Å². The van der Waals surface area contributed by atoms with Gasteiger partial charge in [0.15, 0.2) is 0 Å². The molecule has 29 heavy (non-hydrogen) atoms. The minimum atomic E-state index is -3.35. The molecule has 154 valence electrons. The van der Waals surface area contributed by atoms with Gasteiger partial charge in [0.2, 0.25) is 0 Å². The number of rotatable bonds is 4. The third-order valence-corrected chi connectivity index (χ3v) is 7.03. The van der Waals surface area contributed by atoms with E-state index in [4.69, 9.17) is 5.14 Å². The van der Waals surface area contributed by atoms with Crippen LogP contribution in [0, 0.1) is 5.92 Å². The van der Waals surface area contributed by atoms with E-state index in [0.29, 0.717) is 5.92 Å². The highest BCUT2D eigenvalue weighted by Crippen LogP contribution is 2.38. The number of nitrogens with one attached hydrogen (secondary N) is 1. The molecule has 2 aliphatic carbocycles. The average molecular weight is 413 g/mol. The molecule has 4 rings (SSSR count). The summed E-state index contributed by atoms with van der Waals surface area (Å²) in [5.74, 6) is 0.473. The highest BCUT2D eigenvalue weighted by atomic mass is 32.2. The molecule has 7 heteroatoms. The Morgan fingerprint density at radius 2 is 1.83 bits per heavy atom. The zero-order chi connectivity index (χ0) is 20.6. The number of benzene rings is 1. The third-order valence-electron chi connectivity index (χ3n) is 5.68. The largest absolute Gasteiger partial charge is 0.354 e. The lowest BCUT2D eigenvalue weighted by molar-refractivity contribution is 0.260. The average Bonchev–Trinajstić information content (AvgIpc) is 3.30. The van der Waals surface area contributed by atoms with Crippen molar-refractivity contribution in [3.63, 3.8) is 0 Å². The van der Waals surface area contributed by atoms with Crippen LogP contribution in [-0.4, -0.2) is 15.2 Å². The van der Waals surface area contributed by atoms with Crippen LogP contribution in [0.5, 0.6) is 0 Å². The van der Waals surface area contributed by atoms with Gasteiger partial charge >= 0.3 is 6.03 Å². The van der Waals surface area contributed by atoms with Gasteiger partial charge in [-0.1, -0.05) is 19.9 Å². The Labute approximate surface area is 172 Å². The monoisotopic (exact) mass is 412 g/mol. The lowest BCUT2D eigenvalue weighted by Gasteiger charge is -2.15. The summed E-state index contributed by atoms with van der Waals surface area (Å²) in [5, 5.41) is 8.85. The molecule has 2 aromatic rings. The van der Waals surface area contributed by atoms with Crippen molar-refractivity contribution in [3.05, 3.63) is 52.3 Å². The zero-order valence-corrected chi connectivity index (χ0v) is 17.8. The van der Waals surface area contributed by atoms with Gasteiger partial charge in [0.05, 0.1) is 4.90 Å². The lowest BCUT2D eigenvalue weighted by Crippen LogP contribution is -2.19. The maximum absolute atomic E-state index is 12.9. The number of carbonyl (C=O) groups excluding carboxylic acids is 1. The lowest BCUT2D eigenvalue weighted by atomic mass is 9.99. The minimum Gasteiger partial charge on any atom is -0.305 e. The first kappa shape index (κ1) is 20.0. The molecule has 0 bridgehead atoms. The van der Waals surface area contributed by atoms with Crippen molar-refractivity contribution in [2.45, 2.75) is 63.7 Å². The van der Waals surface area contributed by atoms with Crippen LogP contribution >= 0.6 is 0 Å². The van der Waals surface area contributed by atoms with Gasteiger partial charge in [0.1, 0.15) is 9.92 Å². The molecule has 0 saturated carbocycles. The maximum atomic E-state index is 12.9. The molecular weight excluding hydrogens is 384 g/mol. The number of pyridine rings is 1. The highest BCUT2D eigenvalue weighted by molar-refractivity contribution is 7.91. The molecule has 0 spiro atoms. The Balaban J connectivity index is 1.59. The van der Waals surface area contributed by atoms with Crippen LogP contribution < -0.4 is 10.5 Å². The number of hydrogen-bond acceptors (Lipinski definition) is 3. The molecular formula is C22H28N4O2S. The summed E-state index contributed by atoms with van der Waals surface area (Å²) in [7, 11) is -3.35. The van der Waals surface area contributed by atoms with Crippen molar-refractivity contribution in [2.75, 3.05) is 5.32 Å². The number of fused-ring (bicyclic) bond motifs is 2. The number of carbonyl (C=O) groups is 1. The number of anilines is 1. The van der Waals surface area contributed by atoms with Crippen molar-refractivity contribution in [1.82, 2.24) is 4.98 Å². The highest BCUT2D eigenvalue weighted by Gasteiger charge is 2.25. The van der Waals surface area contributed by atoms with Crippen molar-refractivity contribution >= 4 is 21.6 Å². The molecule has 1 heterocycles. The van der Waals surface area contributed by atoms with Crippen LogP contribution in [0.4, 0.5) is 10.5 Å². The SMILES string of the molecule is CC(C)Cc1ccc([S@](N)(=O)=NC(=O)Nc2c3c(cc4c2CCC4)CCC3)cn1. The van der Waals surface area contributed by atoms with Gasteiger partial charge in [-0.15, -0.1) is 4.36 Å². The van der Waals surface area contributed by atoms with Gasteiger partial charge in [-0.05, 0) is 85.3 Å². The predicted octanol–water partition coefficient (Wildman–Crippen LogP) is 4.19. The van der Waals surface area contributed by atoms with E-state index in [0.717, 1.165) is 56.3 Å². The first-order valence-corrected chi connectivity index (χ1v) is 11.9. The van der Waals surface area contributed by atoms with Gasteiger partial charge in [-0.3, -0.25) is 4.98 Å². The maximum Gasteiger partial charge on any atom is 0.354 e. The summed E-state index contributed by atoms with van der Waals surface area (Å²) in [4.78, 5) is 17.2. The van der Waals surface area contributed by atoms with Crippen LogP contribution in [0.3, 0.4) is 0 Å². The van der Waals surface area contributed by atoms with E-state index in [2.05, 4.69) is 34.6 Å². The van der Waals surface area contributed by atoms with Crippen LogP contribution in [0.25, 0.3) is 0 Å².